The van der Waals surface area contributed by atoms with Crippen LogP contribution in [0, 0.1) is 0 Å². The Morgan fingerprint density at radius 2 is 2.67 bits per heavy atom. The number of methoxy groups -OCH3 is 1. The molecule has 0 fully saturated rings. The van der Waals surface area contributed by atoms with Crippen molar-refractivity contribution < 1.29 is 9.53 Å². The van der Waals surface area contributed by atoms with E-state index in [-0.39, 0.29) is 0 Å². The van der Waals surface area contributed by atoms with E-state index in [1.807, 2.05) is 5.38 Å². The normalized spacial score (nSPS) is 9.42. The van der Waals surface area contributed by atoms with Crippen molar-refractivity contribution in [3.05, 3.63) is 16.1 Å². The Balaban J connectivity index is 2.57. The summed E-state index contributed by atoms with van der Waals surface area (Å²) in [5.41, 5.74) is 0.787. The first-order valence-corrected chi connectivity index (χ1v) is 4.20. The molecule has 1 rings (SSSR count). The Kier molecular flexibility index (Phi) is 3.60. The maximum atomic E-state index is 9.77. The van der Waals surface area contributed by atoms with Crippen LogP contribution in [0.5, 0.6) is 0 Å². The second-order valence-corrected chi connectivity index (χ2v) is 3.02. The van der Waals surface area contributed by atoms with Crippen LogP contribution in [0.4, 0.5) is 0 Å². The SMILES string of the molecule is COCc1nc(CN=C=O)cs1. The number of hydrogen-bond donors (Lipinski definition) is 0. The standard InChI is InChI=1S/C7H8N2O2S/c1-11-3-7-9-6(4-12-7)2-8-5-10/h4H,2-3H2,1H3. The quantitative estimate of drug-likeness (QED) is 0.520. The van der Waals surface area contributed by atoms with Gasteiger partial charge in [-0.2, -0.15) is 4.99 Å². The lowest BCUT2D eigenvalue weighted by atomic mass is 10.5. The first kappa shape index (κ1) is 9.06. The molecule has 64 valence electrons. The molecule has 0 aliphatic rings. The molecule has 0 radical (unpaired) electrons. The molecule has 0 aliphatic carbocycles. The molecule has 0 bridgehead atoms. The predicted molar refractivity (Wildman–Crippen MR) is 44.7 cm³/mol. The Morgan fingerprint density at radius 1 is 1.83 bits per heavy atom. The lowest BCUT2D eigenvalue weighted by Gasteiger charge is -1.89. The number of hydrogen-bond acceptors (Lipinski definition) is 5. The van der Waals surface area contributed by atoms with Crippen molar-refractivity contribution in [1.29, 1.82) is 0 Å². The molecule has 5 heteroatoms. The number of aromatic nitrogens is 1. The zero-order valence-corrected chi connectivity index (χ0v) is 7.43. The summed E-state index contributed by atoms with van der Waals surface area (Å²) >= 11 is 1.50. The largest absolute Gasteiger partial charge is 0.378 e. The molecule has 0 aliphatic heterocycles. The molecule has 0 atom stereocenters. The average molecular weight is 184 g/mol. The van der Waals surface area contributed by atoms with Crippen LogP contribution < -0.4 is 0 Å². The van der Waals surface area contributed by atoms with E-state index in [9.17, 15) is 4.79 Å². The van der Waals surface area contributed by atoms with Gasteiger partial charge in [0, 0.05) is 12.5 Å². The van der Waals surface area contributed by atoms with Gasteiger partial charge in [0.25, 0.3) is 0 Å². The van der Waals surface area contributed by atoms with Crippen LogP contribution in [-0.4, -0.2) is 18.2 Å². The number of thiazole rings is 1. The summed E-state index contributed by atoms with van der Waals surface area (Å²) in [6, 6.07) is 0. The highest BCUT2D eigenvalue weighted by Crippen LogP contribution is 2.10. The Morgan fingerprint density at radius 3 is 3.33 bits per heavy atom. The fourth-order valence-electron chi connectivity index (χ4n) is 0.725. The van der Waals surface area contributed by atoms with Crippen LogP contribution in [-0.2, 0) is 22.7 Å². The van der Waals surface area contributed by atoms with Gasteiger partial charge in [-0.15, -0.1) is 11.3 Å². The minimum atomic E-state index is 0.309. The van der Waals surface area contributed by atoms with E-state index in [1.54, 1.807) is 7.11 Å². The molecule has 0 N–H and O–H groups in total. The highest BCUT2D eigenvalue weighted by molar-refractivity contribution is 7.09. The predicted octanol–water partition coefficient (Wildman–Crippen LogP) is 1.13. The van der Waals surface area contributed by atoms with E-state index >= 15 is 0 Å². The van der Waals surface area contributed by atoms with Gasteiger partial charge in [-0.1, -0.05) is 0 Å². The molecule has 0 amide bonds. The van der Waals surface area contributed by atoms with Crippen molar-refractivity contribution in [3.63, 3.8) is 0 Å². The summed E-state index contributed by atoms with van der Waals surface area (Å²) in [6.07, 6.45) is 1.47. The third-order valence-electron chi connectivity index (χ3n) is 1.17. The van der Waals surface area contributed by atoms with Crippen molar-refractivity contribution in [2.75, 3.05) is 7.11 Å². The van der Waals surface area contributed by atoms with Gasteiger partial charge in [-0.25, -0.2) is 9.78 Å². The zero-order valence-electron chi connectivity index (χ0n) is 6.61. The number of aliphatic imine (C=N–C) groups is 1. The zero-order chi connectivity index (χ0) is 8.81. The number of rotatable bonds is 4. The van der Waals surface area contributed by atoms with Crippen molar-refractivity contribution in [2.45, 2.75) is 13.2 Å². The van der Waals surface area contributed by atoms with Gasteiger partial charge in [0.05, 0.1) is 18.8 Å². The minimum absolute atomic E-state index is 0.309. The smallest absolute Gasteiger partial charge is 0.235 e. The Labute approximate surface area is 73.9 Å². The summed E-state index contributed by atoms with van der Waals surface area (Å²) in [4.78, 5) is 17.3. The van der Waals surface area contributed by atoms with E-state index < -0.39 is 0 Å². The van der Waals surface area contributed by atoms with E-state index in [0.29, 0.717) is 13.2 Å². The highest BCUT2D eigenvalue weighted by Gasteiger charge is 1.99. The molecular formula is C7H8N2O2S. The van der Waals surface area contributed by atoms with Crippen molar-refractivity contribution in [3.8, 4) is 0 Å². The third-order valence-corrected chi connectivity index (χ3v) is 2.04. The van der Waals surface area contributed by atoms with E-state index in [0.717, 1.165) is 10.7 Å². The number of nitrogens with zero attached hydrogens (tertiary/aromatic N) is 2. The molecule has 0 saturated carbocycles. The summed E-state index contributed by atoms with van der Waals surface area (Å²) in [5.74, 6) is 0. The summed E-state index contributed by atoms with van der Waals surface area (Å²) < 4.78 is 4.89. The first-order chi connectivity index (χ1) is 5.86. The Hall–Kier alpha value is -1.03. The molecule has 0 aromatic carbocycles. The molecule has 1 heterocycles. The van der Waals surface area contributed by atoms with Crippen molar-refractivity contribution >= 4 is 17.4 Å². The lowest BCUT2D eigenvalue weighted by molar-refractivity contribution is 0.184. The number of isocyanates is 1. The van der Waals surface area contributed by atoms with Crippen LogP contribution >= 0.6 is 11.3 Å². The number of carbonyl (C=O) groups excluding carboxylic acids is 1. The third kappa shape index (κ3) is 2.54. The molecule has 0 unspecified atom stereocenters. The van der Waals surface area contributed by atoms with Crippen molar-refractivity contribution in [2.24, 2.45) is 4.99 Å². The van der Waals surface area contributed by atoms with Crippen LogP contribution in [0.15, 0.2) is 10.4 Å². The Bertz CT molecular complexity index is 291. The van der Waals surface area contributed by atoms with Gasteiger partial charge in [-0.05, 0) is 0 Å². The van der Waals surface area contributed by atoms with Crippen LogP contribution in [0.25, 0.3) is 0 Å². The summed E-state index contributed by atoms with van der Waals surface area (Å²) in [7, 11) is 1.62. The van der Waals surface area contributed by atoms with E-state index in [1.165, 1.54) is 17.4 Å². The van der Waals surface area contributed by atoms with Gasteiger partial charge in [0.1, 0.15) is 5.01 Å². The fraction of sp³-hybridized carbons (Fsp3) is 0.429. The molecule has 0 saturated heterocycles. The first-order valence-electron chi connectivity index (χ1n) is 3.32. The number of ether oxygens (including phenoxy) is 1. The van der Waals surface area contributed by atoms with Gasteiger partial charge in [0.15, 0.2) is 0 Å². The second-order valence-electron chi connectivity index (χ2n) is 2.07. The average Bonchev–Trinajstić information content (AvgIpc) is 2.50. The molecule has 1 aromatic rings. The van der Waals surface area contributed by atoms with Crippen LogP contribution in [0.3, 0.4) is 0 Å². The molecule has 4 nitrogen and oxygen atoms in total. The minimum Gasteiger partial charge on any atom is -0.378 e. The summed E-state index contributed by atoms with van der Waals surface area (Å²) in [6.45, 7) is 0.819. The lowest BCUT2D eigenvalue weighted by Crippen LogP contribution is -1.87. The van der Waals surface area contributed by atoms with Gasteiger partial charge < -0.3 is 4.74 Å². The second kappa shape index (κ2) is 4.77. The molecule has 12 heavy (non-hydrogen) atoms. The van der Waals surface area contributed by atoms with E-state index in [2.05, 4.69) is 9.98 Å². The maximum Gasteiger partial charge on any atom is 0.235 e. The fourth-order valence-corrected chi connectivity index (χ4v) is 1.48. The van der Waals surface area contributed by atoms with Crippen LogP contribution in [0.2, 0.25) is 0 Å². The monoisotopic (exact) mass is 184 g/mol. The van der Waals surface area contributed by atoms with Gasteiger partial charge in [0.2, 0.25) is 6.08 Å². The molecule has 1 aromatic heterocycles. The highest BCUT2D eigenvalue weighted by atomic mass is 32.1. The molecular weight excluding hydrogens is 176 g/mol. The summed E-state index contributed by atoms with van der Waals surface area (Å²) in [5, 5.41) is 2.75. The maximum absolute atomic E-state index is 9.77. The molecule has 0 spiro atoms. The van der Waals surface area contributed by atoms with Gasteiger partial charge >= 0.3 is 0 Å². The van der Waals surface area contributed by atoms with E-state index in [4.69, 9.17) is 4.74 Å². The van der Waals surface area contributed by atoms with Crippen molar-refractivity contribution in [1.82, 2.24) is 4.98 Å². The topological polar surface area (TPSA) is 51.6 Å². The van der Waals surface area contributed by atoms with Crippen LogP contribution in [0.1, 0.15) is 10.7 Å². The van der Waals surface area contributed by atoms with Gasteiger partial charge in [-0.3, -0.25) is 0 Å².